The molecule has 1 N–H and O–H groups in total. The molecule has 1 aromatic heterocycles. The molecule has 1 aromatic carbocycles. The number of aromatic nitrogens is 1. The number of hydrogen-bond acceptors (Lipinski definition) is 6. The number of likely N-dealkylation sites (N-methyl/N-ethyl adjacent to an activating group) is 1. The predicted octanol–water partition coefficient (Wildman–Crippen LogP) is 2.98. The Kier molecular flexibility index (Phi) is 7.05. The Hall–Kier alpha value is -1.81. The first-order valence-electron chi connectivity index (χ1n) is 9.95. The zero-order valence-corrected chi connectivity index (χ0v) is 18.8. The van der Waals surface area contributed by atoms with Gasteiger partial charge < -0.3 is 10.2 Å². The number of anilines is 1. The molecule has 1 saturated heterocycles. The summed E-state index contributed by atoms with van der Waals surface area (Å²) in [7, 11) is -3.51. The Balaban J connectivity index is 1.68. The van der Waals surface area contributed by atoms with Crippen LogP contribution in [-0.4, -0.2) is 61.2 Å². The van der Waals surface area contributed by atoms with Crippen LogP contribution in [0.2, 0.25) is 0 Å². The molecule has 0 atom stereocenters. The molecule has 29 heavy (non-hydrogen) atoms. The summed E-state index contributed by atoms with van der Waals surface area (Å²) in [4.78, 5) is 20.1. The molecule has 1 fully saturated rings. The molecule has 3 rings (SSSR count). The van der Waals surface area contributed by atoms with E-state index in [0.29, 0.717) is 23.7 Å². The topological polar surface area (TPSA) is 82.6 Å². The van der Waals surface area contributed by atoms with Gasteiger partial charge in [0.15, 0.2) is 0 Å². The third-order valence-electron chi connectivity index (χ3n) is 5.04. The summed E-state index contributed by atoms with van der Waals surface area (Å²) in [6.45, 7) is 9.42. The molecule has 1 aliphatic rings. The number of carbonyl (C=O) groups is 1. The molecule has 0 bridgehead atoms. The number of nitrogens with one attached hydrogen (secondary N) is 1. The highest BCUT2D eigenvalue weighted by atomic mass is 32.2. The van der Waals surface area contributed by atoms with E-state index < -0.39 is 10.0 Å². The van der Waals surface area contributed by atoms with Crippen molar-refractivity contribution < 1.29 is 13.2 Å². The summed E-state index contributed by atoms with van der Waals surface area (Å²) in [6, 6.07) is 6.38. The Morgan fingerprint density at radius 2 is 1.79 bits per heavy atom. The number of sulfonamides is 1. The van der Waals surface area contributed by atoms with Crippen molar-refractivity contribution in [3.63, 3.8) is 0 Å². The highest BCUT2D eigenvalue weighted by Gasteiger charge is 2.28. The quantitative estimate of drug-likeness (QED) is 0.722. The molecule has 0 radical (unpaired) electrons. The van der Waals surface area contributed by atoms with E-state index in [9.17, 15) is 13.2 Å². The fourth-order valence-corrected chi connectivity index (χ4v) is 5.80. The van der Waals surface area contributed by atoms with E-state index in [-0.39, 0.29) is 10.8 Å². The fourth-order valence-electron chi connectivity index (χ4n) is 3.32. The second kappa shape index (κ2) is 9.34. The minimum atomic E-state index is -3.51. The Morgan fingerprint density at radius 3 is 2.38 bits per heavy atom. The second-order valence-corrected chi connectivity index (χ2v) is 10.1. The fraction of sp³-hybridized carbons (Fsp3) is 0.500. The second-order valence-electron chi connectivity index (χ2n) is 7.09. The smallest absolute Gasteiger partial charge is 0.267 e. The lowest BCUT2D eigenvalue weighted by atomic mass is 10.3. The predicted molar refractivity (Wildman–Crippen MR) is 116 cm³/mol. The molecule has 7 nitrogen and oxygen atoms in total. The lowest BCUT2D eigenvalue weighted by molar-refractivity contribution is 0.103. The largest absolute Gasteiger partial charge is 0.321 e. The number of nitrogens with zero attached hydrogens (tertiary/aromatic N) is 3. The number of benzene rings is 1. The van der Waals surface area contributed by atoms with Gasteiger partial charge in [0, 0.05) is 31.9 Å². The molecule has 2 aromatic rings. The van der Waals surface area contributed by atoms with E-state index >= 15 is 0 Å². The average molecular weight is 437 g/mol. The van der Waals surface area contributed by atoms with Crippen LogP contribution in [0.5, 0.6) is 0 Å². The molecule has 1 amide bonds. The summed E-state index contributed by atoms with van der Waals surface area (Å²) >= 11 is 1.41. The van der Waals surface area contributed by atoms with Gasteiger partial charge in [-0.3, -0.25) is 4.79 Å². The lowest BCUT2D eigenvalue weighted by Gasteiger charge is -2.33. The highest BCUT2D eigenvalue weighted by molar-refractivity contribution is 7.89. The van der Waals surface area contributed by atoms with Crippen molar-refractivity contribution in [1.29, 1.82) is 0 Å². The van der Waals surface area contributed by atoms with Crippen molar-refractivity contribution >= 4 is 33.0 Å². The zero-order chi connectivity index (χ0) is 21.0. The van der Waals surface area contributed by atoms with Gasteiger partial charge in [-0.1, -0.05) is 13.8 Å². The third-order valence-corrected chi connectivity index (χ3v) is 8.17. The van der Waals surface area contributed by atoms with Crippen LogP contribution in [0.15, 0.2) is 29.2 Å². The van der Waals surface area contributed by atoms with Gasteiger partial charge in [-0.05, 0) is 50.6 Å². The van der Waals surface area contributed by atoms with Gasteiger partial charge in [0.25, 0.3) is 5.91 Å². The maximum atomic E-state index is 12.9. The van der Waals surface area contributed by atoms with Crippen molar-refractivity contribution in [3.05, 3.63) is 39.8 Å². The van der Waals surface area contributed by atoms with Gasteiger partial charge in [-0.2, -0.15) is 4.31 Å². The van der Waals surface area contributed by atoms with Gasteiger partial charge in [0.1, 0.15) is 4.88 Å². The van der Waals surface area contributed by atoms with Gasteiger partial charge in [0.2, 0.25) is 10.0 Å². The molecule has 9 heteroatoms. The monoisotopic (exact) mass is 436 g/mol. The van der Waals surface area contributed by atoms with Crippen LogP contribution in [0.1, 0.15) is 40.6 Å². The molecule has 2 heterocycles. The summed E-state index contributed by atoms with van der Waals surface area (Å²) in [5, 5.41) is 3.80. The van der Waals surface area contributed by atoms with E-state index in [1.807, 2.05) is 6.92 Å². The van der Waals surface area contributed by atoms with Crippen molar-refractivity contribution in [3.8, 4) is 0 Å². The summed E-state index contributed by atoms with van der Waals surface area (Å²) in [6.07, 6.45) is 1.84. The van der Waals surface area contributed by atoms with Gasteiger partial charge in [-0.25, -0.2) is 13.4 Å². The summed E-state index contributed by atoms with van der Waals surface area (Å²) in [5.74, 6) is -0.214. The molecule has 0 unspecified atom stereocenters. The normalized spacial score (nSPS) is 16.1. The number of piperazine rings is 1. The summed E-state index contributed by atoms with van der Waals surface area (Å²) < 4.78 is 27.2. The standard InChI is InChI=1S/C20H28N4O3S2/c1-4-6-18-21-15(3)19(28-18)20(25)22-16-7-9-17(10-8-16)29(26,27)24-13-11-23(5-2)12-14-24/h7-10H,4-6,11-14H2,1-3H3,(H,22,25). The zero-order valence-electron chi connectivity index (χ0n) is 17.1. The molecule has 158 valence electrons. The van der Waals surface area contributed by atoms with E-state index in [4.69, 9.17) is 0 Å². The van der Waals surface area contributed by atoms with Gasteiger partial charge in [-0.15, -0.1) is 11.3 Å². The van der Waals surface area contributed by atoms with Gasteiger partial charge >= 0.3 is 0 Å². The lowest BCUT2D eigenvalue weighted by Crippen LogP contribution is -2.48. The number of rotatable bonds is 7. The first-order chi connectivity index (χ1) is 13.8. The SMILES string of the molecule is CCCc1nc(C)c(C(=O)Nc2ccc(S(=O)(=O)N3CCN(CC)CC3)cc2)s1. The molecule has 1 aliphatic heterocycles. The van der Waals surface area contributed by atoms with Crippen molar-refractivity contribution in [2.45, 2.75) is 38.5 Å². The van der Waals surface area contributed by atoms with Crippen LogP contribution in [-0.2, 0) is 16.4 Å². The molecule has 0 aliphatic carbocycles. The van der Waals surface area contributed by atoms with Crippen LogP contribution in [0.3, 0.4) is 0 Å². The molecular weight excluding hydrogens is 408 g/mol. The summed E-state index contributed by atoms with van der Waals surface area (Å²) in [5.41, 5.74) is 1.29. The van der Waals surface area contributed by atoms with E-state index in [0.717, 1.165) is 43.2 Å². The number of carbonyl (C=O) groups excluding carboxylic acids is 1. The number of amides is 1. The van der Waals surface area contributed by atoms with Crippen LogP contribution in [0.25, 0.3) is 0 Å². The number of hydrogen-bond donors (Lipinski definition) is 1. The maximum absolute atomic E-state index is 12.9. The van der Waals surface area contributed by atoms with Crippen molar-refractivity contribution in [2.75, 3.05) is 38.0 Å². The highest BCUT2D eigenvalue weighted by Crippen LogP contribution is 2.23. The number of aryl methyl sites for hydroxylation is 2. The maximum Gasteiger partial charge on any atom is 0.267 e. The Morgan fingerprint density at radius 1 is 1.14 bits per heavy atom. The van der Waals surface area contributed by atoms with Crippen molar-refractivity contribution in [2.24, 2.45) is 0 Å². The van der Waals surface area contributed by atoms with Crippen molar-refractivity contribution in [1.82, 2.24) is 14.2 Å². The van der Waals surface area contributed by atoms with Crippen LogP contribution in [0, 0.1) is 6.92 Å². The average Bonchev–Trinajstić information content (AvgIpc) is 3.09. The van der Waals surface area contributed by atoms with Crippen LogP contribution >= 0.6 is 11.3 Å². The minimum Gasteiger partial charge on any atom is -0.321 e. The van der Waals surface area contributed by atoms with E-state index in [1.165, 1.54) is 15.6 Å². The van der Waals surface area contributed by atoms with E-state index in [2.05, 4.69) is 29.0 Å². The van der Waals surface area contributed by atoms with E-state index in [1.54, 1.807) is 24.3 Å². The Bertz CT molecular complexity index is 947. The van der Waals surface area contributed by atoms with Crippen LogP contribution < -0.4 is 5.32 Å². The molecule has 0 saturated carbocycles. The first-order valence-corrected chi connectivity index (χ1v) is 12.2. The first kappa shape index (κ1) is 21.9. The van der Waals surface area contributed by atoms with Crippen LogP contribution in [0.4, 0.5) is 5.69 Å². The Labute approximate surface area is 176 Å². The minimum absolute atomic E-state index is 0.214. The van der Waals surface area contributed by atoms with Gasteiger partial charge in [0.05, 0.1) is 15.6 Å². The third kappa shape index (κ3) is 5.03. The molecular formula is C20H28N4O3S2. The number of thiazole rings is 1. The molecule has 0 spiro atoms.